The zero-order valence-corrected chi connectivity index (χ0v) is 17.2. The van der Waals surface area contributed by atoms with Gasteiger partial charge in [-0.1, -0.05) is 25.1 Å². The second kappa shape index (κ2) is 8.44. The molecule has 3 atom stereocenters. The Bertz CT molecular complexity index is 819. The molecule has 28 heavy (non-hydrogen) atoms. The summed E-state index contributed by atoms with van der Waals surface area (Å²) in [5.74, 6) is 2.05. The lowest BCUT2D eigenvalue weighted by atomic mass is 9.77. The lowest BCUT2D eigenvalue weighted by molar-refractivity contribution is -0.0381. The first-order valence-corrected chi connectivity index (χ1v) is 10.7. The second-order valence-corrected chi connectivity index (χ2v) is 7.57. The average molecular weight is 382 g/mol. The van der Waals surface area contributed by atoms with Crippen LogP contribution in [0.4, 0.5) is 5.69 Å². The number of ether oxygens (including phenoxy) is 3. The Morgan fingerprint density at radius 1 is 1.00 bits per heavy atom. The largest absolute Gasteiger partial charge is 0.490 e. The fourth-order valence-electron chi connectivity index (χ4n) is 4.53. The van der Waals surface area contributed by atoms with Crippen molar-refractivity contribution in [3.05, 3.63) is 53.1 Å². The summed E-state index contributed by atoms with van der Waals surface area (Å²) in [6.07, 6.45) is 3.47. The highest BCUT2D eigenvalue weighted by Gasteiger charge is 2.40. The van der Waals surface area contributed by atoms with Crippen LogP contribution in [-0.4, -0.2) is 19.8 Å². The van der Waals surface area contributed by atoms with Crippen LogP contribution in [0.2, 0.25) is 0 Å². The van der Waals surface area contributed by atoms with Crippen LogP contribution in [0.15, 0.2) is 36.4 Å². The van der Waals surface area contributed by atoms with E-state index in [1.54, 1.807) is 0 Å². The van der Waals surface area contributed by atoms with Gasteiger partial charge in [-0.15, -0.1) is 0 Å². The van der Waals surface area contributed by atoms with E-state index in [4.69, 9.17) is 14.2 Å². The van der Waals surface area contributed by atoms with Crippen molar-refractivity contribution in [2.24, 2.45) is 5.92 Å². The van der Waals surface area contributed by atoms with E-state index in [9.17, 15) is 0 Å². The standard InChI is InChI=1S/C24H31NO3/c1-4-16-9-11-20-19(14-16)24-18(8-7-13-28-24)23(25-20)17-10-12-21(26-5-2)22(15-17)27-6-3/h9-12,14-15,18,23-25H,4-8,13H2,1-3H3. The molecule has 4 heteroatoms. The molecule has 1 fully saturated rings. The van der Waals surface area contributed by atoms with E-state index in [0.29, 0.717) is 19.1 Å². The van der Waals surface area contributed by atoms with Crippen molar-refractivity contribution >= 4 is 5.69 Å². The highest BCUT2D eigenvalue weighted by Crippen LogP contribution is 2.50. The Morgan fingerprint density at radius 3 is 2.61 bits per heavy atom. The van der Waals surface area contributed by atoms with E-state index < -0.39 is 0 Å². The summed E-state index contributed by atoms with van der Waals surface area (Å²) in [4.78, 5) is 0. The van der Waals surface area contributed by atoms with Gasteiger partial charge in [0.2, 0.25) is 0 Å². The molecular weight excluding hydrogens is 350 g/mol. The van der Waals surface area contributed by atoms with E-state index in [2.05, 4.69) is 42.6 Å². The third kappa shape index (κ3) is 3.58. The number of hydrogen-bond acceptors (Lipinski definition) is 4. The molecule has 1 N–H and O–H groups in total. The van der Waals surface area contributed by atoms with E-state index >= 15 is 0 Å². The van der Waals surface area contributed by atoms with Crippen LogP contribution in [0.1, 0.15) is 62.4 Å². The van der Waals surface area contributed by atoms with Gasteiger partial charge in [-0.2, -0.15) is 0 Å². The molecule has 150 valence electrons. The van der Waals surface area contributed by atoms with Gasteiger partial charge in [-0.05, 0) is 62.4 Å². The smallest absolute Gasteiger partial charge is 0.161 e. The quantitative estimate of drug-likeness (QED) is 0.699. The lowest BCUT2D eigenvalue weighted by Gasteiger charge is -2.43. The van der Waals surface area contributed by atoms with Crippen LogP contribution in [-0.2, 0) is 11.2 Å². The van der Waals surface area contributed by atoms with Crippen LogP contribution in [0.25, 0.3) is 0 Å². The van der Waals surface area contributed by atoms with Crippen molar-refractivity contribution in [2.45, 2.75) is 52.2 Å². The molecule has 0 bridgehead atoms. The zero-order valence-electron chi connectivity index (χ0n) is 17.2. The molecule has 0 spiro atoms. The average Bonchev–Trinajstić information content (AvgIpc) is 2.74. The topological polar surface area (TPSA) is 39.7 Å². The van der Waals surface area contributed by atoms with Gasteiger partial charge in [0.15, 0.2) is 11.5 Å². The van der Waals surface area contributed by atoms with Crippen LogP contribution in [0.3, 0.4) is 0 Å². The summed E-state index contributed by atoms with van der Waals surface area (Å²) >= 11 is 0. The Labute approximate surface area is 168 Å². The first-order chi connectivity index (χ1) is 13.7. The molecule has 2 aliphatic rings. The number of aryl methyl sites for hydroxylation is 1. The predicted octanol–water partition coefficient (Wildman–Crippen LogP) is 5.68. The van der Waals surface area contributed by atoms with Crippen molar-refractivity contribution in [3.8, 4) is 11.5 Å². The number of hydrogen-bond donors (Lipinski definition) is 1. The Morgan fingerprint density at radius 2 is 1.82 bits per heavy atom. The van der Waals surface area contributed by atoms with Gasteiger partial charge in [-0.3, -0.25) is 0 Å². The molecule has 2 aromatic rings. The van der Waals surface area contributed by atoms with Gasteiger partial charge in [0.05, 0.1) is 25.4 Å². The minimum atomic E-state index is 0.156. The monoisotopic (exact) mass is 381 g/mol. The van der Waals surface area contributed by atoms with Crippen molar-refractivity contribution in [1.29, 1.82) is 0 Å². The first kappa shape index (κ1) is 19.1. The van der Waals surface area contributed by atoms with Crippen molar-refractivity contribution in [2.75, 3.05) is 25.1 Å². The molecular formula is C24H31NO3. The van der Waals surface area contributed by atoms with Gasteiger partial charge < -0.3 is 19.5 Å². The molecule has 0 aliphatic carbocycles. The summed E-state index contributed by atoms with van der Waals surface area (Å²) in [6.45, 7) is 8.31. The molecule has 0 saturated carbocycles. The van der Waals surface area contributed by atoms with Crippen molar-refractivity contribution < 1.29 is 14.2 Å². The number of benzene rings is 2. The van der Waals surface area contributed by atoms with E-state index in [-0.39, 0.29) is 12.1 Å². The molecule has 0 aromatic heterocycles. The van der Waals surface area contributed by atoms with Gasteiger partial charge in [-0.25, -0.2) is 0 Å². The van der Waals surface area contributed by atoms with Crippen LogP contribution in [0, 0.1) is 5.92 Å². The van der Waals surface area contributed by atoms with Crippen LogP contribution >= 0.6 is 0 Å². The molecule has 2 aromatic carbocycles. The minimum Gasteiger partial charge on any atom is -0.490 e. The molecule has 0 radical (unpaired) electrons. The maximum atomic E-state index is 6.30. The summed E-state index contributed by atoms with van der Waals surface area (Å²) in [5, 5.41) is 3.81. The van der Waals surface area contributed by atoms with E-state index in [1.807, 2.05) is 19.9 Å². The van der Waals surface area contributed by atoms with Gasteiger partial charge >= 0.3 is 0 Å². The second-order valence-electron chi connectivity index (χ2n) is 7.57. The predicted molar refractivity (Wildman–Crippen MR) is 112 cm³/mol. The fraction of sp³-hybridized carbons (Fsp3) is 0.500. The molecule has 2 aliphatic heterocycles. The maximum absolute atomic E-state index is 6.30. The molecule has 1 saturated heterocycles. The number of anilines is 1. The third-order valence-electron chi connectivity index (χ3n) is 5.86. The fourth-order valence-corrected chi connectivity index (χ4v) is 4.53. The molecule has 0 amide bonds. The van der Waals surface area contributed by atoms with Crippen molar-refractivity contribution in [1.82, 2.24) is 0 Å². The summed E-state index contributed by atoms with van der Waals surface area (Å²) in [7, 11) is 0. The van der Waals surface area contributed by atoms with Crippen molar-refractivity contribution in [3.63, 3.8) is 0 Å². The van der Waals surface area contributed by atoms with Crippen LogP contribution in [0.5, 0.6) is 11.5 Å². The summed E-state index contributed by atoms with van der Waals surface area (Å²) in [6, 6.07) is 13.3. The van der Waals surface area contributed by atoms with Crippen LogP contribution < -0.4 is 14.8 Å². The number of nitrogens with one attached hydrogen (secondary N) is 1. The zero-order chi connectivity index (χ0) is 19.5. The molecule has 4 rings (SSSR count). The molecule has 4 nitrogen and oxygen atoms in total. The molecule has 2 heterocycles. The Hall–Kier alpha value is -2.20. The SMILES string of the molecule is CCOc1ccc(C2Nc3ccc(CC)cc3C3OCCCC23)cc1OCC. The lowest BCUT2D eigenvalue weighted by Crippen LogP contribution is -2.36. The van der Waals surface area contributed by atoms with E-state index in [0.717, 1.165) is 37.4 Å². The minimum absolute atomic E-state index is 0.156. The Kier molecular flexibility index (Phi) is 5.77. The molecule has 3 unspecified atom stereocenters. The summed E-state index contributed by atoms with van der Waals surface area (Å²) < 4.78 is 17.9. The van der Waals surface area contributed by atoms with Gasteiger partial charge in [0.1, 0.15) is 0 Å². The third-order valence-corrected chi connectivity index (χ3v) is 5.86. The highest BCUT2D eigenvalue weighted by atomic mass is 16.5. The number of rotatable bonds is 6. The number of fused-ring (bicyclic) bond motifs is 3. The first-order valence-electron chi connectivity index (χ1n) is 10.7. The maximum Gasteiger partial charge on any atom is 0.161 e. The summed E-state index contributed by atoms with van der Waals surface area (Å²) in [5.41, 5.74) is 5.11. The van der Waals surface area contributed by atoms with Gasteiger partial charge in [0.25, 0.3) is 0 Å². The van der Waals surface area contributed by atoms with Gasteiger partial charge in [0, 0.05) is 23.8 Å². The Balaban J connectivity index is 1.72. The normalized spacial score (nSPS) is 23.3. The van der Waals surface area contributed by atoms with E-state index in [1.165, 1.54) is 22.4 Å². The highest BCUT2D eigenvalue weighted by molar-refractivity contribution is 5.59.